The number of esters is 1. The van der Waals surface area contributed by atoms with Crippen molar-refractivity contribution in [1.82, 2.24) is 10.2 Å². The van der Waals surface area contributed by atoms with E-state index in [1.807, 2.05) is 13.8 Å². The molecular formula is C21H24F3N3O3. The lowest BCUT2D eigenvalue weighted by Gasteiger charge is -2.38. The van der Waals surface area contributed by atoms with E-state index in [1.54, 1.807) is 0 Å². The number of fused-ring (bicyclic) bond motifs is 1. The molecule has 9 heteroatoms. The van der Waals surface area contributed by atoms with Crippen LogP contribution in [0.3, 0.4) is 0 Å². The van der Waals surface area contributed by atoms with Gasteiger partial charge in [-0.3, -0.25) is 10.3 Å². The lowest BCUT2D eigenvalue weighted by molar-refractivity contribution is -0.148. The molecule has 0 aromatic heterocycles. The van der Waals surface area contributed by atoms with Crippen molar-refractivity contribution in [2.75, 3.05) is 6.54 Å². The van der Waals surface area contributed by atoms with E-state index in [2.05, 4.69) is 5.32 Å². The predicted octanol–water partition coefficient (Wildman–Crippen LogP) is 3.84. The number of alkyl halides is 3. The van der Waals surface area contributed by atoms with E-state index in [0.29, 0.717) is 12.8 Å². The van der Waals surface area contributed by atoms with E-state index in [1.165, 1.54) is 17.0 Å². The Kier molecular flexibility index (Phi) is 4.63. The van der Waals surface area contributed by atoms with Crippen LogP contribution in [0.4, 0.5) is 18.0 Å². The maximum absolute atomic E-state index is 12.9. The van der Waals surface area contributed by atoms with Gasteiger partial charge in [0.2, 0.25) is 0 Å². The number of nitrogens with zero attached hydrogens (tertiary/aromatic N) is 1. The fourth-order valence-corrected chi connectivity index (χ4v) is 4.62. The number of cyclic esters (lactones) is 1. The summed E-state index contributed by atoms with van der Waals surface area (Å²) in [6.45, 7) is 3.85. The number of halogens is 3. The molecule has 2 heterocycles. The molecule has 0 radical (unpaired) electrons. The number of urea groups is 1. The van der Waals surface area contributed by atoms with Crippen LogP contribution in [0.15, 0.2) is 24.3 Å². The van der Waals surface area contributed by atoms with Crippen LogP contribution in [0.25, 0.3) is 0 Å². The molecule has 2 aliphatic heterocycles. The second kappa shape index (κ2) is 6.72. The first-order chi connectivity index (χ1) is 13.9. The Balaban J connectivity index is 1.46. The van der Waals surface area contributed by atoms with Crippen molar-refractivity contribution < 1.29 is 27.5 Å². The number of hydrogen-bond donors (Lipinski definition) is 2. The minimum atomic E-state index is -4.39. The standard InChI is InChI=1S/C21H24F3N3O3/c1-19(2)14-7-8-15(25)27(16(14)17(28)30-19)18(29)26-11-20(9-10-20)12-3-5-13(6-4-12)21(22,23)24/h3-6,14,16,25H,7-11H2,1-2H3,(H,26,29). The first-order valence-corrected chi connectivity index (χ1v) is 10.00. The fourth-order valence-electron chi connectivity index (χ4n) is 4.62. The molecule has 4 rings (SSSR count). The number of carbonyl (C=O) groups is 2. The van der Waals surface area contributed by atoms with Crippen molar-refractivity contribution in [3.63, 3.8) is 0 Å². The Labute approximate surface area is 172 Å². The highest BCUT2D eigenvalue weighted by molar-refractivity contribution is 6.01. The molecule has 1 aliphatic carbocycles. The third-order valence-corrected chi connectivity index (χ3v) is 6.62. The van der Waals surface area contributed by atoms with Gasteiger partial charge in [0, 0.05) is 24.3 Å². The highest BCUT2D eigenvalue weighted by Gasteiger charge is 2.56. The van der Waals surface area contributed by atoms with E-state index in [-0.39, 0.29) is 18.3 Å². The third-order valence-electron chi connectivity index (χ3n) is 6.62. The van der Waals surface area contributed by atoms with Crippen molar-refractivity contribution in [1.29, 1.82) is 5.41 Å². The maximum atomic E-state index is 12.9. The quantitative estimate of drug-likeness (QED) is 0.725. The Morgan fingerprint density at radius 2 is 1.90 bits per heavy atom. The number of amidine groups is 1. The van der Waals surface area contributed by atoms with Gasteiger partial charge in [-0.1, -0.05) is 12.1 Å². The number of rotatable bonds is 3. The molecule has 1 saturated carbocycles. The van der Waals surface area contributed by atoms with Gasteiger partial charge >= 0.3 is 18.2 Å². The first kappa shape index (κ1) is 20.7. The van der Waals surface area contributed by atoms with Crippen LogP contribution < -0.4 is 5.32 Å². The van der Waals surface area contributed by atoms with Gasteiger partial charge in [0.05, 0.1) is 5.56 Å². The lowest BCUT2D eigenvalue weighted by atomic mass is 9.80. The Morgan fingerprint density at radius 3 is 2.47 bits per heavy atom. The monoisotopic (exact) mass is 423 g/mol. The Morgan fingerprint density at radius 1 is 1.27 bits per heavy atom. The molecule has 0 spiro atoms. The number of ether oxygens (including phenoxy) is 1. The van der Waals surface area contributed by atoms with Crippen molar-refractivity contribution in [2.24, 2.45) is 5.92 Å². The number of benzene rings is 1. The fraction of sp³-hybridized carbons (Fsp3) is 0.571. The molecule has 2 unspecified atom stereocenters. The highest BCUT2D eigenvalue weighted by atomic mass is 19.4. The summed E-state index contributed by atoms with van der Waals surface area (Å²) in [7, 11) is 0. The minimum Gasteiger partial charge on any atom is -0.458 e. The first-order valence-electron chi connectivity index (χ1n) is 10.00. The number of amides is 2. The van der Waals surface area contributed by atoms with Gasteiger partial charge in [-0.05, 0) is 50.8 Å². The third kappa shape index (κ3) is 3.44. The summed E-state index contributed by atoms with van der Waals surface area (Å²) >= 11 is 0. The molecule has 2 N–H and O–H groups in total. The van der Waals surface area contributed by atoms with Gasteiger partial charge in [0.15, 0.2) is 0 Å². The van der Waals surface area contributed by atoms with Crippen LogP contribution in [0.1, 0.15) is 50.7 Å². The van der Waals surface area contributed by atoms with E-state index in [0.717, 1.165) is 30.5 Å². The number of piperidine rings is 1. The van der Waals surface area contributed by atoms with Gasteiger partial charge in [0.25, 0.3) is 0 Å². The van der Waals surface area contributed by atoms with Gasteiger partial charge in [0.1, 0.15) is 17.5 Å². The molecule has 2 atom stereocenters. The summed E-state index contributed by atoms with van der Waals surface area (Å²) in [4.78, 5) is 26.5. The SMILES string of the molecule is CC1(C)OC(=O)C2C1CCC(=N)N2C(=O)NCC1(c2ccc(C(F)(F)F)cc2)CC1. The number of nitrogens with one attached hydrogen (secondary N) is 2. The normalized spacial score (nSPS) is 26.8. The average Bonchev–Trinajstić information content (AvgIpc) is 3.41. The van der Waals surface area contributed by atoms with Crippen LogP contribution in [0.2, 0.25) is 0 Å². The van der Waals surface area contributed by atoms with Gasteiger partial charge in [-0.2, -0.15) is 13.2 Å². The van der Waals surface area contributed by atoms with Gasteiger partial charge < -0.3 is 10.1 Å². The zero-order valence-electron chi connectivity index (χ0n) is 16.8. The van der Waals surface area contributed by atoms with E-state index in [9.17, 15) is 22.8 Å². The van der Waals surface area contributed by atoms with Gasteiger partial charge in [-0.25, -0.2) is 9.59 Å². The predicted molar refractivity (Wildman–Crippen MR) is 102 cm³/mol. The second-order valence-corrected chi connectivity index (χ2v) is 8.95. The van der Waals surface area contributed by atoms with E-state index < -0.39 is 40.8 Å². The van der Waals surface area contributed by atoms with E-state index >= 15 is 0 Å². The summed E-state index contributed by atoms with van der Waals surface area (Å²) in [5, 5.41) is 11.0. The smallest absolute Gasteiger partial charge is 0.416 e. The Bertz CT molecular complexity index is 891. The second-order valence-electron chi connectivity index (χ2n) is 8.95. The van der Waals surface area contributed by atoms with Crippen LogP contribution in [-0.4, -0.2) is 40.9 Å². The molecule has 1 aromatic carbocycles. The van der Waals surface area contributed by atoms with Crippen molar-refractivity contribution >= 4 is 17.8 Å². The molecule has 2 saturated heterocycles. The topological polar surface area (TPSA) is 82.5 Å². The van der Waals surface area contributed by atoms with Crippen LogP contribution in [0.5, 0.6) is 0 Å². The lowest BCUT2D eigenvalue weighted by Crippen LogP contribution is -2.57. The summed E-state index contributed by atoms with van der Waals surface area (Å²) in [5.74, 6) is -0.620. The van der Waals surface area contributed by atoms with Gasteiger partial charge in [-0.15, -0.1) is 0 Å². The van der Waals surface area contributed by atoms with Crippen molar-refractivity contribution in [3.05, 3.63) is 35.4 Å². The molecular weight excluding hydrogens is 399 g/mol. The van der Waals surface area contributed by atoms with Crippen LogP contribution >= 0.6 is 0 Å². The molecule has 0 bridgehead atoms. The summed E-state index contributed by atoms with van der Waals surface area (Å²) < 4.78 is 43.8. The molecule has 30 heavy (non-hydrogen) atoms. The maximum Gasteiger partial charge on any atom is 0.416 e. The van der Waals surface area contributed by atoms with Crippen molar-refractivity contribution in [3.8, 4) is 0 Å². The van der Waals surface area contributed by atoms with Crippen molar-refractivity contribution in [2.45, 2.75) is 62.8 Å². The highest BCUT2D eigenvalue weighted by Crippen LogP contribution is 2.48. The van der Waals surface area contributed by atoms with Crippen LogP contribution in [-0.2, 0) is 21.1 Å². The van der Waals surface area contributed by atoms with Crippen LogP contribution in [0, 0.1) is 11.3 Å². The summed E-state index contributed by atoms with van der Waals surface area (Å²) in [6, 6.07) is 3.66. The zero-order chi connectivity index (χ0) is 21.9. The summed E-state index contributed by atoms with van der Waals surface area (Å²) in [6.07, 6.45) is -1.92. The molecule has 1 aromatic rings. The molecule has 6 nitrogen and oxygen atoms in total. The summed E-state index contributed by atoms with van der Waals surface area (Å²) in [5.41, 5.74) is -1.07. The zero-order valence-corrected chi connectivity index (χ0v) is 16.8. The molecule has 162 valence electrons. The Hall–Kier alpha value is -2.58. The minimum absolute atomic E-state index is 0.0720. The number of likely N-dealkylation sites (tertiary alicyclic amines) is 1. The van der Waals surface area contributed by atoms with E-state index in [4.69, 9.17) is 10.1 Å². The molecule has 3 fully saturated rings. The average molecular weight is 423 g/mol. The number of hydrogen-bond acceptors (Lipinski definition) is 4. The number of carbonyl (C=O) groups excluding carboxylic acids is 2. The largest absolute Gasteiger partial charge is 0.458 e. The molecule has 3 aliphatic rings. The molecule has 2 amide bonds.